The molecule has 1 rings (SSSR count). The summed E-state index contributed by atoms with van der Waals surface area (Å²) in [5.41, 5.74) is 5.71. The van der Waals surface area contributed by atoms with Gasteiger partial charge in [0.15, 0.2) is 12.2 Å². The highest BCUT2D eigenvalue weighted by Crippen LogP contribution is 2.15. The van der Waals surface area contributed by atoms with Crippen LogP contribution in [0.2, 0.25) is 0 Å². The number of carbonyl (C=O) groups is 2. The van der Waals surface area contributed by atoms with E-state index in [1.54, 1.807) is 0 Å². The number of aliphatic hydroxyl groups is 2. The summed E-state index contributed by atoms with van der Waals surface area (Å²) in [6.45, 7) is 3.97. The van der Waals surface area contributed by atoms with Gasteiger partial charge in [0.25, 0.3) is 0 Å². The van der Waals surface area contributed by atoms with Crippen molar-refractivity contribution >= 4 is 11.9 Å². The van der Waals surface area contributed by atoms with Gasteiger partial charge in [-0.3, -0.25) is 0 Å². The second-order valence-corrected chi connectivity index (χ2v) is 4.03. The fraction of sp³-hybridized carbons (Fsp3) is 0.500. The van der Waals surface area contributed by atoms with Crippen molar-refractivity contribution in [1.29, 1.82) is 0 Å². The quantitative estimate of drug-likeness (QED) is 0.502. The average molecular weight is 289 g/mol. The van der Waals surface area contributed by atoms with Crippen LogP contribution in [0.25, 0.3) is 0 Å². The van der Waals surface area contributed by atoms with Crippen LogP contribution in [-0.4, -0.2) is 44.6 Å². The van der Waals surface area contributed by atoms with E-state index < -0.39 is 24.1 Å². The van der Waals surface area contributed by atoms with E-state index in [2.05, 4.69) is 0 Å². The summed E-state index contributed by atoms with van der Waals surface area (Å²) in [6.07, 6.45) is -3.61. The maximum absolute atomic E-state index is 9.77. The van der Waals surface area contributed by atoms with Crippen LogP contribution >= 0.6 is 0 Å². The lowest BCUT2D eigenvalue weighted by atomic mass is 10.2. The Kier molecular flexibility index (Phi) is 7.52. The molecule has 0 aliphatic heterocycles. The predicted molar refractivity (Wildman–Crippen MR) is 67.9 cm³/mol. The smallest absolute Gasteiger partial charge is 0.335 e. The van der Waals surface area contributed by atoms with Crippen LogP contribution in [0.15, 0.2) is 16.5 Å². The van der Waals surface area contributed by atoms with E-state index in [4.69, 9.17) is 30.6 Å². The van der Waals surface area contributed by atoms with Gasteiger partial charge in [0, 0.05) is 0 Å². The van der Waals surface area contributed by atoms with E-state index in [1.165, 1.54) is 0 Å². The van der Waals surface area contributed by atoms with E-state index in [9.17, 15) is 9.59 Å². The molecule has 0 radical (unpaired) electrons. The van der Waals surface area contributed by atoms with E-state index in [0.29, 0.717) is 0 Å². The third kappa shape index (κ3) is 5.83. The van der Waals surface area contributed by atoms with Gasteiger partial charge in [-0.25, -0.2) is 9.59 Å². The third-order valence-electron chi connectivity index (χ3n) is 2.37. The second-order valence-electron chi connectivity index (χ2n) is 4.03. The standard InChI is InChI=1S/C8H13NO.C4H6O6/c1-3-7(9)8-5-4-6(2)10-8;5-1(3(7)8)2(6)4(9)10/h4-5,7H,3,9H2,1-2H3;1-2,5-6H,(H,7,8)(H,9,10). The SMILES string of the molecule is CCC(N)c1ccc(C)o1.O=C(O)C(O)C(O)C(=O)O. The molecule has 0 aliphatic rings. The largest absolute Gasteiger partial charge is 0.479 e. The molecule has 1 aromatic rings. The van der Waals surface area contributed by atoms with Gasteiger partial charge in [0.05, 0.1) is 6.04 Å². The Morgan fingerprint density at radius 2 is 1.65 bits per heavy atom. The highest BCUT2D eigenvalue weighted by atomic mass is 16.4. The van der Waals surface area contributed by atoms with Crippen molar-refractivity contribution in [2.45, 2.75) is 38.5 Å². The molecule has 0 aliphatic carbocycles. The molecule has 0 aromatic carbocycles. The molecule has 114 valence electrons. The molecule has 0 fully saturated rings. The minimum absolute atomic E-state index is 0.0636. The van der Waals surface area contributed by atoms with Gasteiger partial charge in [-0.05, 0) is 25.5 Å². The molecule has 0 bridgehead atoms. The first-order valence-electron chi connectivity index (χ1n) is 5.84. The van der Waals surface area contributed by atoms with Crippen LogP contribution in [0.3, 0.4) is 0 Å². The van der Waals surface area contributed by atoms with Crippen LogP contribution < -0.4 is 5.73 Å². The van der Waals surface area contributed by atoms with Crippen molar-refractivity contribution in [3.8, 4) is 0 Å². The fourth-order valence-corrected chi connectivity index (χ4v) is 1.12. The second kappa shape index (κ2) is 8.31. The first kappa shape index (κ1) is 18.1. The van der Waals surface area contributed by atoms with Crippen LogP contribution in [-0.2, 0) is 9.59 Å². The minimum atomic E-state index is -2.27. The number of furan rings is 1. The molecular formula is C12H19NO7. The molecule has 0 saturated heterocycles. The molecule has 8 nitrogen and oxygen atoms in total. The van der Waals surface area contributed by atoms with Crippen molar-refractivity contribution < 1.29 is 34.4 Å². The molecular weight excluding hydrogens is 270 g/mol. The van der Waals surface area contributed by atoms with Gasteiger partial charge in [-0.15, -0.1) is 0 Å². The number of rotatable bonds is 5. The molecule has 20 heavy (non-hydrogen) atoms. The molecule has 0 spiro atoms. The van der Waals surface area contributed by atoms with Gasteiger partial charge in [0.1, 0.15) is 11.5 Å². The number of nitrogens with two attached hydrogens (primary N) is 1. The molecule has 8 heteroatoms. The van der Waals surface area contributed by atoms with Gasteiger partial charge < -0.3 is 30.6 Å². The van der Waals surface area contributed by atoms with Crippen molar-refractivity contribution in [2.24, 2.45) is 5.73 Å². The Morgan fingerprint density at radius 3 is 1.90 bits per heavy atom. The molecule has 6 N–H and O–H groups in total. The zero-order chi connectivity index (χ0) is 15.9. The topological polar surface area (TPSA) is 154 Å². The number of aryl methyl sites for hydroxylation is 1. The summed E-state index contributed by atoms with van der Waals surface area (Å²) in [4.78, 5) is 19.5. The van der Waals surface area contributed by atoms with Crippen molar-refractivity contribution in [3.63, 3.8) is 0 Å². The summed E-state index contributed by atoms with van der Waals surface area (Å²) < 4.78 is 5.31. The fourth-order valence-electron chi connectivity index (χ4n) is 1.12. The average Bonchev–Trinajstić information content (AvgIpc) is 2.83. The molecule has 1 aromatic heterocycles. The normalized spacial score (nSPS) is 14.7. The lowest BCUT2D eigenvalue weighted by molar-refractivity contribution is -0.165. The summed E-state index contributed by atoms with van der Waals surface area (Å²) in [5, 5.41) is 32.5. The Morgan fingerprint density at radius 1 is 1.20 bits per heavy atom. The number of aliphatic hydroxyl groups excluding tert-OH is 2. The molecule has 0 amide bonds. The number of aliphatic carboxylic acids is 2. The molecule has 3 atom stereocenters. The molecule has 1 heterocycles. The van der Waals surface area contributed by atoms with Crippen LogP contribution in [0.1, 0.15) is 30.9 Å². The van der Waals surface area contributed by atoms with E-state index >= 15 is 0 Å². The van der Waals surface area contributed by atoms with Gasteiger partial charge in [-0.1, -0.05) is 6.92 Å². The minimum Gasteiger partial charge on any atom is -0.479 e. The van der Waals surface area contributed by atoms with Crippen molar-refractivity contribution in [2.75, 3.05) is 0 Å². The van der Waals surface area contributed by atoms with Gasteiger partial charge in [-0.2, -0.15) is 0 Å². The highest BCUT2D eigenvalue weighted by Gasteiger charge is 2.29. The van der Waals surface area contributed by atoms with E-state index in [0.717, 1.165) is 17.9 Å². The number of carboxylic acids is 2. The number of carboxylic acid groups (broad SMARTS) is 2. The predicted octanol–water partition coefficient (Wildman–Crippen LogP) is -0.125. The lowest BCUT2D eigenvalue weighted by Gasteiger charge is -2.07. The Hall–Kier alpha value is -1.90. The zero-order valence-electron chi connectivity index (χ0n) is 11.2. The Bertz CT molecular complexity index is 425. The summed E-state index contributed by atoms with van der Waals surface area (Å²) in [7, 11) is 0. The van der Waals surface area contributed by atoms with E-state index in [-0.39, 0.29) is 6.04 Å². The first-order chi connectivity index (χ1) is 9.20. The lowest BCUT2D eigenvalue weighted by Crippen LogP contribution is -2.39. The van der Waals surface area contributed by atoms with Crippen LogP contribution in [0.4, 0.5) is 0 Å². The maximum Gasteiger partial charge on any atom is 0.335 e. The number of hydrogen-bond acceptors (Lipinski definition) is 6. The van der Waals surface area contributed by atoms with E-state index in [1.807, 2.05) is 26.0 Å². The maximum atomic E-state index is 9.77. The van der Waals surface area contributed by atoms with Crippen molar-refractivity contribution in [3.05, 3.63) is 23.7 Å². The van der Waals surface area contributed by atoms with Crippen molar-refractivity contribution in [1.82, 2.24) is 0 Å². The highest BCUT2D eigenvalue weighted by molar-refractivity contribution is 5.83. The third-order valence-corrected chi connectivity index (χ3v) is 2.37. The van der Waals surface area contributed by atoms with Crippen LogP contribution in [0.5, 0.6) is 0 Å². The Labute approximate surface area is 115 Å². The Balaban J connectivity index is 0.000000361. The molecule has 0 saturated carbocycles. The zero-order valence-corrected chi connectivity index (χ0v) is 11.2. The van der Waals surface area contributed by atoms with Crippen LogP contribution in [0, 0.1) is 6.92 Å². The summed E-state index contributed by atoms with van der Waals surface area (Å²) in [6, 6.07) is 3.93. The first-order valence-corrected chi connectivity index (χ1v) is 5.84. The van der Waals surface area contributed by atoms with Gasteiger partial charge in [0.2, 0.25) is 0 Å². The number of hydrogen-bond donors (Lipinski definition) is 5. The summed E-state index contributed by atoms with van der Waals surface area (Å²) >= 11 is 0. The van der Waals surface area contributed by atoms with Gasteiger partial charge >= 0.3 is 11.9 Å². The summed E-state index contributed by atoms with van der Waals surface area (Å²) in [5.74, 6) is -1.72. The molecule has 3 unspecified atom stereocenters. The monoisotopic (exact) mass is 289 g/mol.